The van der Waals surface area contributed by atoms with Crippen molar-refractivity contribution in [1.29, 1.82) is 0 Å². The van der Waals surface area contributed by atoms with Crippen LogP contribution in [0.3, 0.4) is 0 Å². The molecular weight excluding hydrogens is 457 g/mol. The third-order valence-electron chi connectivity index (χ3n) is 5.22. The fraction of sp³-hybridized carbons (Fsp3) is 0.250. The molecule has 0 saturated carbocycles. The second-order valence-electron chi connectivity index (χ2n) is 7.30. The summed E-state index contributed by atoms with van der Waals surface area (Å²) in [6.45, 7) is 1.82. The molecule has 1 atom stereocenters. The van der Waals surface area contributed by atoms with Crippen LogP contribution in [0.1, 0.15) is 27.5 Å². The van der Waals surface area contributed by atoms with Gasteiger partial charge in [0.05, 0.1) is 37.4 Å². The van der Waals surface area contributed by atoms with E-state index >= 15 is 0 Å². The van der Waals surface area contributed by atoms with Crippen LogP contribution in [0, 0.1) is 6.92 Å². The second kappa shape index (κ2) is 9.35. The van der Waals surface area contributed by atoms with E-state index in [1.54, 1.807) is 12.1 Å². The van der Waals surface area contributed by atoms with E-state index in [1.807, 2.05) is 6.92 Å². The first-order valence-corrected chi connectivity index (χ1v) is 11.3. The van der Waals surface area contributed by atoms with Crippen LogP contribution in [0.4, 0.5) is 13.2 Å². The van der Waals surface area contributed by atoms with Gasteiger partial charge in [0.1, 0.15) is 22.5 Å². The molecule has 0 amide bonds. The van der Waals surface area contributed by atoms with E-state index in [9.17, 15) is 21.6 Å². The Hall–Kier alpha value is -3.20. The van der Waals surface area contributed by atoms with Gasteiger partial charge in [-0.3, -0.25) is 0 Å². The van der Waals surface area contributed by atoms with Gasteiger partial charge in [0.2, 0.25) is 0 Å². The van der Waals surface area contributed by atoms with Gasteiger partial charge in [-0.2, -0.15) is 13.2 Å². The van der Waals surface area contributed by atoms with Crippen molar-refractivity contribution in [3.63, 3.8) is 0 Å². The largest absolute Gasteiger partial charge is 0.496 e. The Balaban J connectivity index is 2.33. The minimum atomic E-state index is -4.56. The number of rotatable bonds is 7. The predicted molar refractivity (Wildman–Crippen MR) is 118 cm³/mol. The van der Waals surface area contributed by atoms with E-state index < -0.39 is 26.8 Å². The zero-order chi connectivity index (χ0) is 24.4. The molecule has 1 unspecified atom stereocenters. The van der Waals surface area contributed by atoms with Crippen LogP contribution >= 0.6 is 0 Å². The Kier molecular flexibility index (Phi) is 6.92. The lowest BCUT2D eigenvalue weighted by atomic mass is 10.0. The number of sulfone groups is 1. The predicted octanol–water partition coefficient (Wildman–Crippen LogP) is 5.60. The molecule has 0 aliphatic carbocycles. The van der Waals surface area contributed by atoms with Crippen LogP contribution in [-0.2, 0) is 16.0 Å². The molecule has 3 rings (SSSR count). The number of alkyl halides is 3. The lowest BCUT2D eigenvalue weighted by molar-refractivity contribution is -0.137. The molecule has 0 heterocycles. The molecule has 5 nitrogen and oxygen atoms in total. The highest BCUT2D eigenvalue weighted by atomic mass is 32.2. The highest BCUT2D eigenvalue weighted by Gasteiger charge is 2.37. The van der Waals surface area contributed by atoms with Gasteiger partial charge in [-0.05, 0) is 36.8 Å². The maximum absolute atomic E-state index is 13.9. The first-order chi connectivity index (χ1) is 15.5. The van der Waals surface area contributed by atoms with E-state index in [4.69, 9.17) is 14.2 Å². The minimum absolute atomic E-state index is 0.0120. The Morgan fingerprint density at radius 2 is 1.30 bits per heavy atom. The summed E-state index contributed by atoms with van der Waals surface area (Å²) in [5.74, 6) is 0.685. The van der Waals surface area contributed by atoms with Gasteiger partial charge in [0.25, 0.3) is 0 Å². The summed E-state index contributed by atoms with van der Waals surface area (Å²) in [5.41, 5.74) is 0.262. The molecule has 0 spiro atoms. The van der Waals surface area contributed by atoms with Crippen molar-refractivity contribution in [1.82, 2.24) is 0 Å². The normalized spacial score (nSPS) is 12.8. The Morgan fingerprint density at radius 3 is 1.73 bits per heavy atom. The van der Waals surface area contributed by atoms with Crippen molar-refractivity contribution in [2.24, 2.45) is 0 Å². The average molecular weight is 481 g/mol. The highest BCUT2D eigenvalue weighted by molar-refractivity contribution is 7.92. The van der Waals surface area contributed by atoms with Crippen LogP contribution in [0.2, 0.25) is 0 Å². The molecule has 0 aromatic heterocycles. The molecule has 0 aliphatic heterocycles. The number of hydrogen-bond donors (Lipinski definition) is 0. The van der Waals surface area contributed by atoms with Crippen LogP contribution in [0.15, 0.2) is 65.6 Å². The minimum Gasteiger partial charge on any atom is -0.496 e. The van der Waals surface area contributed by atoms with Gasteiger partial charge >= 0.3 is 6.18 Å². The molecule has 3 aromatic carbocycles. The van der Waals surface area contributed by atoms with Gasteiger partial charge in [-0.15, -0.1) is 0 Å². The lowest BCUT2D eigenvalue weighted by Crippen LogP contribution is -2.18. The molecule has 0 saturated heterocycles. The molecule has 3 aromatic rings. The van der Waals surface area contributed by atoms with E-state index in [-0.39, 0.29) is 27.5 Å². The zero-order valence-corrected chi connectivity index (χ0v) is 19.3. The van der Waals surface area contributed by atoms with E-state index in [2.05, 4.69) is 0 Å². The number of halogens is 3. The fourth-order valence-corrected chi connectivity index (χ4v) is 5.35. The van der Waals surface area contributed by atoms with Crippen LogP contribution in [0.25, 0.3) is 0 Å². The van der Waals surface area contributed by atoms with Crippen molar-refractivity contribution >= 4 is 9.84 Å². The van der Waals surface area contributed by atoms with Gasteiger partial charge in [0.15, 0.2) is 9.84 Å². The summed E-state index contributed by atoms with van der Waals surface area (Å²) in [6.07, 6.45) is -4.56. The quantitative estimate of drug-likeness (QED) is 0.440. The van der Waals surface area contributed by atoms with Crippen molar-refractivity contribution < 1.29 is 35.8 Å². The molecule has 0 bridgehead atoms. The average Bonchev–Trinajstić information content (AvgIpc) is 2.79. The lowest BCUT2D eigenvalue weighted by Gasteiger charge is -2.24. The molecule has 0 fully saturated rings. The maximum Gasteiger partial charge on any atom is 0.416 e. The third-order valence-corrected chi connectivity index (χ3v) is 7.27. The summed E-state index contributed by atoms with van der Waals surface area (Å²) < 4.78 is 83.2. The van der Waals surface area contributed by atoms with Crippen molar-refractivity contribution in [2.75, 3.05) is 21.3 Å². The molecule has 0 aliphatic rings. The summed E-state index contributed by atoms with van der Waals surface area (Å²) in [6, 6.07) is 13.3. The van der Waals surface area contributed by atoms with Crippen molar-refractivity contribution in [3.05, 3.63) is 82.9 Å². The van der Waals surface area contributed by atoms with E-state index in [1.165, 1.54) is 45.6 Å². The van der Waals surface area contributed by atoms with Gasteiger partial charge in [-0.25, -0.2) is 8.42 Å². The third kappa shape index (κ3) is 4.93. The highest BCUT2D eigenvalue weighted by Crippen LogP contribution is 2.46. The Morgan fingerprint density at radius 1 is 0.788 bits per heavy atom. The number of ether oxygens (including phenoxy) is 3. The van der Waals surface area contributed by atoms with Gasteiger partial charge in [-0.1, -0.05) is 29.8 Å². The molecule has 0 N–H and O–H groups in total. The molecule has 9 heteroatoms. The van der Waals surface area contributed by atoms with Crippen molar-refractivity contribution in [3.8, 4) is 17.2 Å². The molecular formula is C24H23F3O5S. The molecule has 0 radical (unpaired) electrons. The monoisotopic (exact) mass is 480 g/mol. The Bertz CT molecular complexity index is 1190. The number of aryl methyl sites for hydroxylation is 1. The molecule has 176 valence electrons. The Labute approximate surface area is 190 Å². The summed E-state index contributed by atoms with van der Waals surface area (Å²) in [5, 5.41) is -1.40. The standard InChI is InChI=1S/C24H23F3O5S/c1-15-5-11-19(12-6-15)33(28,29)23(16-7-9-17(10-8-16)24(25,26)27)22-20(31-3)13-18(30-2)14-21(22)32-4/h5-14,23H,1-4H3. The number of hydrogen-bond acceptors (Lipinski definition) is 5. The summed E-state index contributed by atoms with van der Waals surface area (Å²) in [7, 11) is 0.0180. The second-order valence-corrected chi connectivity index (χ2v) is 9.34. The number of methoxy groups -OCH3 is 3. The first kappa shape index (κ1) is 24.4. The SMILES string of the molecule is COc1cc(OC)c(C(c2ccc(C(F)(F)F)cc2)S(=O)(=O)c2ccc(C)cc2)c(OC)c1. The summed E-state index contributed by atoms with van der Waals surface area (Å²) >= 11 is 0. The molecule has 33 heavy (non-hydrogen) atoms. The van der Waals surface area contributed by atoms with Gasteiger partial charge in [0, 0.05) is 12.1 Å². The van der Waals surface area contributed by atoms with E-state index in [0.29, 0.717) is 5.75 Å². The first-order valence-electron chi connectivity index (χ1n) is 9.80. The topological polar surface area (TPSA) is 61.8 Å². The zero-order valence-electron chi connectivity index (χ0n) is 18.4. The fourth-order valence-electron chi connectivity index (χ4n) is 3.50. The van der Waals surface area contributed by atoms with Crippen LogP contribution < -0.4 is 14.2 Å². The van der Waals surface area contributed by atoms with Crippen LogP contribution in [0.5, 0.6) is 17.2 Å². The van der Waals surface area contributed by atoms with E-state index in [0.717, 1.165) is 29.8 Å². The van der Waals surface area contributed by atoms with Gasteiger partial charge < -0.3 is 14.2 Å². The summed E-state index contributed by atoms with van der Waals surface area (Å²) in [4.78, 5) is 0.0120. The van der Waals surface area contributed by atoms with Crippen molar-refractivity contribution in [2.45, 2.75) is 23.2 Å². The van der Waals surface area contributed by atoms with Crippen LogP contribution in [-0.4, -0.2) is 29.7 Å². The number of benzene rings is 3. The maximum atomic E-state index is 13.9. The smallest absolute Gasteiger partial charge is 0.416 e.